The van der Waals surface area contributed by atoms with Gasteiger partial charge in [-0.2, -0.15) is 0 Å². The summed E-state index contributed by atoms with van der Waals surface area (Å²) in [5.41, 5.74) is 0.0114. The molecule has 9 heteroatoms. The lowest BCUT2D eigenvalue weighted by molar-refractivity contribution is -0.140. The quantitative estimate of drug-likeness (QED) is 0.503. The Morgan fingerprint density at radius 1 is 0.952 bits per heavy atom. The van der Waals surface area contributed by atoms with Crippen LogP contribution in [0.4, 0.5) is 5.82 Å². The molecule has 0 saturated heterocycles. The second kappa shape index (κ2) is 7.78. The predicted octanol–water partition coefficient (Wildman–Crippen LogP) is -0.584. The number of esters is 3. The number of carbonyl (C=O) groups is 3. The van der Waals surface area contributed by atoms with Gasteiger partial charge in [0.15, 0.2) is 11.5 Å². The van der Waals surface area contributed by atoms with Crippen LogP contribution < -0.4 is 4.90 Å². The van der Waals surface area contributed by atoms with Crippen LogP contribution in [0.1, 0.15) is 10.5 Å². The predicted molar refractivity (Wildman–Crippen MR) is 69.6 cm³/mol. The van der Waals surface area contributed by atoms with Crippen LogP contribution in [-0.2, 0) is 23.8 Å². The SMILES string of the molecule is COC(=O)CN(CC(=O)OC)c1ccc(C(=O)OC)nn1. The van der Waals surface area contributed by atoms with Crippen molar-refractivity contribution in [3.63, 3.8) is 0 Å². The molecule has 9 nitrogen and oxygen atoms in total. The maximum atomic E-state index is 11.3. The average Bonchev–Trinajstić information content (AvgIpc) is 2.53. The molecule has 114 valence electrons. The van der Waals surface area contributed by atoms with Crippen LogP contribution in [0.3, 0.4) is 0 Å². The first-order valence-corrected chi connectivity index (χ1v) is 5.82. The molecule has 0 aromatic carbocycles. The van der Waals surface area contributed by atoms with Crippen molar-refractivity contribution in [2.45, 2.75) is 0 Å². The van der Waals surface area contributed by atoms with Gasteiger partial charge in [0.25, 0.3) is 0 Å². The number of carbonyl (C=O) groups excluding carboxylic acids is 3. The molecule has 0 bridgehead atoms. The van der Waals surface area contributed by atoms with Crippen molar-refractivity contribution in [1.82, 2.24) is 10.2 Å². The van der Waals surface area contributed by atoms with Crippen LogP contribution in [0.5, 0.6) is 0 Å². The highest BCUT2D eigenvalue weighted by Crippen LogP contribution is 2.10. The molecule has 0 aliphatic heterocycles. The van der Waals surface area contributed by atoms with Gasteiger partial charge >= 0.3 is 17.9 Å². The molecule has 1 rings (SSSR count). The summed E-state index contributed by atoms with van der Waals surface area (Å²) in [5.74, 6) is -1.53. The maximum Gasteiger partial charge on any atom is 0.358 e. The summed E-state index contributed by atoms with van der Waals surface area (Å²) in [7, 11) is 3.67. The molecular weight excluding hydrogens is 282 g/mol. The standard InChI is InChI=1S/C12H15N3O6/c1-19-10(16)6-15(7-11(17)20-2)9-5-4-8(13-14-9)12(18)21-3/h4-5H,6-7H2,1-3H3. The van der Waals surface area contributed by atoms with Crippen LogP contribution in [0, 0.1) is 0 Å². The lowest BCUT2D eigenvalue weighted by atomic mass is 10.3. The second-order valence-electron chi connectivity index (χ2n) is 3.78. The molecule has 0 radical (unpaired) electrons. The zero-order valence-electron chi connectivity index (χ0n) is 11.9. The second-order valence-corrected chi connectivity index (χ2v) is 3.78. The van der Waals surface area contributed by atoms with Crippen molar-refractivity contribution in [3.8, 4) is 0 Å². The smallest absolute Gasteiger partial charge is 0.358 e. The van der Waals surface area contributed by atoms with Gasteiger partial charge in [0.05, 0.1) is 21.3 Å². The van der Waals surface area contributed by atoms with Crippen molar-refractivity contribution in [2.75, 3.05) is 39.3 Å². The third kappa shape index (κ3) is 4.71. The van der Waals surface area contributed by atoms with Crippen molar-refractivity contribution in [3.05, 3.63) is 17.8 Å². The molecule has 0 atom stereocenters. The summed E-state index contributed by atoms with van der Waals surface area (Å²) in [6.45, 7) is -0.421. The number of hydrogen-bond donors (Lipinski definition) is 0. The lowest BCUT2D eigenvalue weighted by Gasteiger charge is -2.20. The van der Waals surface area contributed by atoms with E-state index in [-0.39, 0.29) is 24.6 Å². The fourth-order valence-electron chi connectivity index (χ4n) is 1.37. The number of methoxy groups -OCH3 is 3. The largest absolute Gasteiger partial charge is 0.468 e. The van der Waals surface area contributed by atoms with Crippen LogP contribution in [0.2, 0.25) is 0 Å². The molecule has 0 saturated carbocycles. The van der Waals surface area contributed by atoms with Gasteiger partial charge in [0.1, 0.15) is 13.1 Å². The summed E-state index contributed by atoms with van der Waals surface area (Å²) in [6.07, 6.45) is 0. The molecule has 0 amide bonds. The molecule has 21 heavy (non-hydrogen) atoms. The maximum absolute atomic E-state index is 11.3. The van der Waals surface area contributed by atoms with Crippen molar-refractivity contribution in [1.29, 1.82) is 0 Å². The van der Waals surface area contributed by atoms with E-state index < -0.39 is 17.9 Å². The van der Waals surface area contributed by atoms with Gasteiger partial charge in [0, 0.05) is 0 Å². The highest BCUT2D eigenvalue weighted by atomic mass is 16.5. The minimum Gasteiger partial charge on any atom is -0.468 e. The van der Waals surface area contributed by atoms with Crippen molar-refractivity contribution < 1.29 is 28.6 Å². The van der Waals surface area contributed by atoms with Gasteiger partial charge in [-0.05, 0) is 12.1 Å². The topological polar surface area (TPSA) is 108 Å². The molecule has 1 heterocycles. The molecule has 0 unspecified atom stereocenters. The van der Waals surface area contributed by atoms with Gasteiger partial charge in [-0.15, -0.1) is 10.2 Å². The Morgan fingerprint density at radius 3 is 1.90 bits per heavy atom. The van der Waals surface area contributed by atoms with E-state index in [0.29, 0.717) is 0 Å². The van der Waals surface area contributed by atoms with Crippen LogP contribution in [0.25, 0.3) is 0 Å². The van der Waals surface area contributed by atoms with Crippen LogP contribution >= 0.6 is 0 Å². The van der Waals surface area contributed by atoms with Crippen LogP contribution in [-0.4, -0.2) is 62.5 Å². The summed E-state index contributed by atoms with van der Waals surface area (Å²) in [5, 5.41) is 7.45. The Bertz CT molecular complexity index is 498. The highest BCUT2D eigenvalue weighted by Gasteiger charge is 2.18. The van der Waals surface area contributed by atoms with Gasteiger partial charge in [-0.25, -0.2) is 4.79 Å². The molecule has 1 aromatic rings. The number of hydrogen-bond acceptors (Lipinski definition) is 9. The van der Waals surface area contributed by atoms with Gasteiger partial charge in [0.2, 0.25) is 0 Å². The summed E-state index contributed by atoms with van der Waals surface area (Å²) < 4.78 is 13.6. The van der Waals surface area contributed by atoms with E-state index >= 15 is 0 Å². The third-order valence-corrected chi connectivity index (χ3v) is 2.46. The summed E-state index contributed by atoms with van der Waals surface area (Å²) >= 11 is 0. The fourth-order valence-corrected chi connectivity index (χ4v) is 1.37. The molecule has 0 fully saturated rings. The number of anilines is 1. The first kappa shape index (κ1) is 16.3. The van der Waals surface area contributed by atoms with Crippen molar-refractivity contribution in [2.24, 2.45) is 0 Å². The Kier molecular flexibility index (Phi) is 6.05. The Hall–Kier alpha value is -2.71. The third-order valence-electron chi connectivity index (χ3n) is 2.46. The minimum atomic E-state index is -0.637. The monoisotopic (exact) mass is 297 g/mol. The first-order chi connectivity index (χ1) is 10.0. The van der Waals surface area contributed by atoms with E-state index in [1.165, 1.54) is 38.4 Å². The van der Waals surface area contributed by atoms with E-state index in [9.17, 15) is 14.4 Å². The van der Waals surface area contributed by atoms with Gasteiger partial charge < -0.3 is 19.1 Å². The van der Waals surface area contributed by atoms with E-state index in [1.54, 1.807) is 0 Å². The van der Waals surface area contributed by atoms with E-state index in [4.69, 9.17) is 0 Å². The first-order valence-electron chi connectivity index (χ1n) is 5.82. The fraction of sp³-hybridized carbons (Fsp3) is 0.417. The zero-order chi connectivity index (χ0) is 15.8. The number of nitrogens with zero attached hydrogens (tertiary/aromatic N) is 3. The molecule has 0 N–H and O–H groups in total. The Balaban J connectivity index is 2.93. The van der Waals surface area contributed by atoms with Crippen molar-refractivity contribution >= 4 is 23.7 Å². The number of rotatable bonds is 6. The van der Waals surface area contributed by atoms with Crippen LogP contribution in [0.15, 0.2) is 12.1 Å². The normalized spacial score (nSPS) is 9.67. The summed E-state index contributed by atoms with van der Waals surface area (Å²) in [6, 6.07) is 2.81. The number of aromatic nitrogens is 2. The average molecular weight is 297 g/mol. The number of ether oxygens (including phenoxy) is 3. The summed E-state index contributed by atoms with van der Waals surface area (Å²) in [4.78, 5) is 35.3. The van der Waals surface area contributed by atoms with Gasteiger partial charge in [-0.1, -0.05) is 0 Å². The lowest BCUT2D eigenvalue weighted by Crippen LogP contribution is -2.36. The van der Waals surface area contributed by atoms with E-state index in [0.717, 1.165) is 0 Å². The Labute approximate surface area is 120 Å². The molecule has 0 spiro atoms. The molecular formula is C12H15N3O6. The molecule has 0 aliphatic carbocycles. The Morgan fingerprint density at radius 2 is 1.52 bits per heavy atom. The minimum absolute atomic E-state index is 0.0114. The van der Waals surface area contributed by atoms with Gasteiger partial charge in [-0.3, -0.25) is 9.59 Å². The highest BCUT2D eigenvalue weighted by molar-refractivity contribution is 5.87. The molecule has 0 aliphatic rings. The van der Waals surface area contributed by atoms with E-state index in [2.05, 4.69) is 24.4 Å². The molecule has 1 aromatic heterocycles. The zero-order valence-corrected chi connectivity index (χ0v) is 11.9. The van der Waals surface area contributed by atoms with E-state index in [1.807, 2.05) is 0 Å².